The standard InChI is InChI=1S/C14H18N2O3/c1-14(2,3)12-11(8-17)13(19)16(15-12)9-5-4-6-10(18)7-9/h4-7,15,17-18H,8H2,1-3H3. The Morgan fingerprint density at radius 3 is 2.47 bits per heavy atom. The SMILES string of the molecule is CC(C)(C)c1[nH]n(-c2cccc(O)c2)c(=O)c1CO. The number of nitrogens with zero attached hydrogens (tertiary/aromatic N) is 1. The Labute approximate surface area is 111 Å². The second kappa shape index (κ2) is 4.59. The third-order valence-electron chi connectivity index (χ3n) is 2.98. The minimum atomic E-state index is -0.312. The second-order valence-electron chi connectivity index (χ2n) is 5.53. The van der Waals surface area contributed by atoms with Crippen molar-refractivity contribution in [2.24, 2.45) is 0 Å². The number of nitrogens with one attached hydrogen (secondary N) is 1. The number of aliphatic hydroxyl groups excluding tert-OH is 1. The van der Waals surface area contributed by atoms with Gasteiger partial charge in [-0.3, -0.25) is 9.89 Å². The van der Waals surface area contributed by atoms with Crippen molar-refractivity contribution in [3.8, 4) is 11.4 Å². The number of H-pyrrole nitrogens is 1. The zero-order valence-corrected chi connectivity index (χ0v) is 11.3. The highest BCUT2D eigenvalue weighted by molar-refractivity contribution is 5.39. The van der Waals surface area contributed by atoms with Crippen LogP contribution in [-0.2, 0) is 12.0 Å². The Balaban J connectivity index is 2.67. The number of aromatic amines is 1. The molecule has 0 fully saturated rings. The predicted molar refractivity (Wildman–Crippen MR) is 72.7 cm³/mol. The van der Waals surface area contributed by atoms with Crippen LogP contribution in [0, 0.1) is 0 Å². The molecule has 102 valence electrons. The van der Waals surface area contributed by atoms with Crippen LogP contribution >= 0.6 is 0 Å². The quantitative estimate of drug-likeness (QED) is 0.770. The van der Waals surface area contributed by atoms with Crippen LogP contribution in [0.4, 0.5) is 0 Å². The molecule has 0 saturated carbocycles. The molecule has 19 heavy (non-hydrogen) atoms. The lowest BCUT2D eigenvalue weighted by molar-refractivity contribution is 0.277. The summed E-state index contributed by atoms with van der Waals surface area (Å²) < 4.78 is 1.34. The minimum absolute atomic E-state index is 0.0851. The first-order valence-electron chi connectivity index (χ1n) is 6.09. The van der Waals surface area contributed by atoms with E-state index in [0.29, 0.717) is 16.9 Å². The molecule has 5 heteroatoms. The summed E-state index contributed by atoms with van der Waals surface area (Å²) in [5.41, 5.74) is 1.02. The van der Waals surface area contributed by atoms with Gasteiger partial charge in [0.15, 0.2) is 0 Å². The molecular weight excluding hydrogens is 244 g/mol. The van der Waals surface area contributed by atoms with Gasteiger partial charge in [0, 0.05) is 17.2 Å². The Hall–Kier alpha value is -2.01. The normalized spacial score (nSPS) is 11.8. The summed E-state index contributed by atoms with van der Waals surface area (Å²) in [5.74, 6) is 0.0851. The number of aromatic hydroxyl groups is 1. The fraction of sp³-hybridized carbons (Fsp3) is 0.357. The number of aliphatic hydroxyl groups is 1. The number of rotatable bonds is 2. The molecule has 0 aliphatic carbocycles. The van der Waals surface area contributed by atoms with Gasteiger partial charge in [0.2, 0.25) is 0 Å². The molecule has 0 bridgehead atoms. The van der Waals surface area contributed by atoms with Crippen molar-refractivity contribution in [3.05, 3.63) is 45.9 Å². The summed E-state index contributed by atoms with van der Waals surface area (Å²) in [7, 11) is 0. The van der Waals surface area contributed by atoms with Gasteiger partial charge in [0.25, 0.3) is 5.56 Å². The molecule has 0 saturated heterocycles. The lowest BCUT2D eigenvalue weighted by atomic mass is 9.90. The molecule has 0 radical (unpaired) electrons. The molecule has 0 aliphatic rings. The molecule has 0 atom stereocenters. The Kier molecular flexibility index (Phi) is 3.24. The van der Waals surface area contributed by atoms with Gasteiger partial charge in [0.05, 0.1) is 17.9 Å². The first-order chi connectivity index (χ1) is 8.84. The Morgan fingerprint density at radius 1 is 1.32 bits per heavy atom. The molecule has 2 aromatic rings. The predicted octanol–water partition coefficient (Wildman–Crippen LogP) is 1.66. The third kappa shape index (κ3) is 2.42. The summed E-state index contributed by atoms with van der Waals surface area (Å²) in [6, 6.07) is 6.40. The molecule has 0 amide bonds. The Bertz CT molecular complexity index is 647. The highest BCUT2D eigenvalue weighted by atomic mass is 16.3. The van der Waals surface area contributed by atoms with Gasteiger partial charge in [0.1, 0.15) is 5.75 Å². The summed E-state index contributed by atoms with van der Waals surface area (Å²) in [6.07, 6.45) is 0. The van der Waals surface area contributed by atoms with Crippen molar-refractivity contribution in [3.63, 3.8) is 0 Å². The molecular formula is C14H18N2O3. The van der Waals surface area contributed by atoms with E-state index in [1.807, 2.05) is 20.8 Å². The Morgan fingerprint density at radius 2 is 2.00 bits per heavy atom. The first kappa shape index (κ1) is 13.4. The maximum atomic E-state index is 12.3. The topological polar surface area (TPSA) is 78.2 Å². The van der Waals surface area contributed by atoms with Crippen molar-refractivity contribution in [1.29, 1.82) is 0 Å². The van der Waals surface area contributed by atoms with E-state index < -0.39 is 0 Å². The van der Waals surface area contributed by atoms with Crippen LogP contribution in [0.1, 0.15) is 32.0 Å². The molecule has 3 N–H and O–H groups in total. The monoisotopic (exact) mass is 262 g/mol. The highest BCUT2D eigenvalue weighted by Gasteiger charge is 2.24. The number of aromatic nitrogens is 2. The largest absolute Gasteiger partial charge is 0.508 e. The lowest BCUT2D eigenvalue weighted by Gasteiger charge is -2.17. The highest BCUT2D eigenvalue weighted by Crippen LogP contribution is 2.23. The number of phenolic OH excluding ortho intramolecular Hbond substituents is 1. The maximum Gasteiger partial charge on any atom is 0.277 e. The molecule has 1 aromatic carbocycles. The van der Waals surface area contributed by atoms with E-state index in [9.17, 15) is 15.0 Å². The van der Waals surface area contributed by atoms with E-state index in [-0.39, 0.29) is 23.3 Å². The maximum absolute atomic E-state index is 12.3. The van der Waals surface area contributed by atoms with Gasteiger partial charge >= 0.3 is 0 Å². The van der Waals surface area contributed by atoms with Gasteiger partial charge in [-0.25, -0.2) is 4.68 Å². The molecule has 0 unspecified atom stereocenters. The van der Waals surface area contributed by atoms with Crippen molar-refractivity contribution < 1.29 is 10.2 Å². The number of benzene rings is 1. The summed E-state index contributed by atoms with van der Waals surface area (Å²) in [4.78, 5) is 12.3. The molecule has 0 aliphatic heterocycles. The van der Waals surface area contributed by atoms with E-state index in [0.717, 1.165) is 0 Å². The zero-order valence-electron chi connectivity index (χ0n) is 11.3. The van der Waals surface area contributed by atoms with Gasteiger partial charge in [-0.1, -0.05) is 26.8 Å². The fourth-order valence-corrected chi connectivity index (χ4v) is 2.05. The molecule has 0 spiro atoms. The van der Waals surface area contributed by atoms with Gasteiger partial charge in [-0.15, -0.1) is 0 Å². The fourth-order valence-electron chi connectivity index (χ4n) is 2.05. The van der Waals surface area contributed by atoms with E-state index in [1.165, 1.54) is 16.8 Å². The lowest BCUT2D eigenvalue weighted by Crippen LogP contribution is -2.18. The van der Waals surface area contributed by atoms with Gasteiger partial charge in [-0.2, -0.15) is 0 Å². The first-order valence-corrected chi connectivity index (χ1v) is 6.09. The van der Waals surface area contributed by atoms with Crippen LogP contribution in [0.25, 0.3) is 5.69 Å². The summed E-state index contributed by atoms with van der Waals surface area (Å²) in [6.45, 7) is 5.58. The summed E-state index contributed by atoms with van der Waals surface area (Å²) in [5, 5.41) is 21.9. The van der Waals surface area contributed by atoms with Gasteiger partial charge < -0.3 is 10.2 Å². The van der Waals surface area contributed by atoms with Crippen LogP contribution in [-0.4, -0.2) is 20.0 Å². The van der Waals surface area contributed by atoms with E-state index in [4.69, 9.17) is 0 Å². The van der Waals surface area contributed by atoms with Crippen LogP contribution in [0.3, 0.4) is 0 Å². The van der Waals surface area contributed by atoms with E-state index in [1.54, 1.807) is 12.1 Å². The molecule has 2 rings (SSSR count). The van der Waals surface area contributed by atoms with Crippen LogP contribution in [0.2, 0.25) is 0 Å². The average Bonchev–Trinajstić information content (AvgIpc) is 2.66. The molecule has 1 aromatic heterocycles. The second-order valence-corrected chi connectivity index (χ2v) is 5.53. The van der Waals surface area contributed by atoms with E-state index >= 15 is 0 Å². The smallest absolute Gasteiger partial charge is 0.277 e. The van der Waals surface area contributed by atoms with Crippen LogP contribution in [0.5, 0.6) is 5.75 Å². The molecule has 1 heterocycles. The average molecular weight is 262 g/mol. The number of hydrogen-bond donors (Lipinski definition) is 3. The van der Waals surface area contributed by atoms with E-state index in [2.05, 4.69) is 5.10 Å². The zero-order chi connectivity index (χ0) is 14.2. The van der Waals surface area contributed by atoms with Crippen molar-refractivity contribution in [2.75, 3.05) is 0 Å². The van der Waals surface area contributed by atoms with Crippen molar-refractivity contribution in [2.45, 2.75) is 32.8 Å². The van der Waals surface area contributed by atoms with Crippen molar-refractivity contribution in [1.82, 2.24) is 9.78 Å². The van der Waals surface area contributed by atoms with Crippen LogP contribution in [0.15, 0.2) is 29.1 Å². The van der Waals surface area contributed by atoms with Gasteiger partial charge in [-0.05, 0) is 12.1 Å². The molecule has 5 nitrogen and oxygen atoms in total. The van der Waals surface area contributed by atoms with Crippen molar-refractivity contribution >= 4 is 0 Å². The third-order valence-corrected chi connectivity index (χ3v) is 2.98. The number of hydrogen-bond acceptors (Lipinski definition) is 3. The number of phenols is 1. The minimum Gasteiger partial charge on any atom is -0.508 e. The summed E-state index contributed by atoms with van der Waals surface area (Å²) >= 11 is 0. The van der Waals surface area contributed by atoms with Crippen LogP contribution < -0.4 is 5.56 Å².